The highest BCUT2D eigenvalue weighted by Crippen LogP contribution is 2.35. The van der Waals surface area contributed by atoms with Gasteiger partial charge in [0.2, 0.25) is 0 Å². The number of carbonyl (C=O) groups is 1. The van der Waals surface area contributed by atoms with Crippen molar-refractivity contribution in [1.29, 1.82) is 5.26 Å². The van der Waals surface area contributed by atoms with E-state index in [1.54, 1.807) is 0 Å². The van der Waals surface area contributed by atoms with Crippen molar-refractivity contribution in [2.24, 2.45) is 5.41 Å². The standard InChI is InChI=1S/C15H17FN2O2/c1-2-15(14(19)20)5-6-18(10-15)9-12-7-11(8-17)3-4-13(12)16/h3-4,7H,2,5-6,9-10H2,1H3,(H,19,20). The minimum Gasteiger partial charge on any atom is -0.481 e. The summed E-state index contributed by atoms with van der Waals surface area (Å²) >= 11 is 0. The first-order valence-electron chi connectivity index (χ1n) is 6.65. The molecule has 1 saturated heterocycles. The van der Waals surface area contributed by atoms with Gasteiger partial charge in [0.1, 0.15) is 5.82 Å². The second kappa shape index (κ2) is 5.59. The fraction of sp³-hybridized carbons (Fsp3) is 0.467. The Bertz CT molecular complexity index is 567. The van der Waals surface area contributed by atoms with Crippen LogP contribution >= 0.6 is 0 Å². The number of nitrogens with zero attached hydrogens (tertiary/aromatic N) is 2. The Hall–Kier alpha value is -1.93. The summed E-state index contributed by atoms with van der Waals surface area (Å²) in [4.78, 5) is 13.3. The van der Waals surface area contributed by atoms with E-state index < -0.39 is 11.4 Å². The zero-order valence-corrected chi connectivity index (χ0v) is 11.4. The topological polar surface area (TPSA) is 64.3 Å². The molecule has 0 amide bonds. The Balaban J connectivity index is 2.13. The summed E-state index contributed by atoms with van der Waals surface area (Å²) in [5, 5.41) is 18.2. The van der Waals surface area contributed by atoms with Crippen molar-refractivity contribution < 1.29 is 14.3 Å². The molecule has 106 valence electrons. The molecule has 0 spiro atoms. The van der Waals surface area contributed by atoms with E-state index in [9.17, 15) is 14.3 Å². The van der Waals surface area contributed by atoms with Gasteiger partial charge in [0.05, 0.1) is 17.0 Å². The van der Waals surface area contributed by atoms with E-state index in [1.807, 2.05) is 17.9 Å². The first-order chi connectivity index (χ1) is 9.50. The van der Waals surface area contributed by atoms with Gasteiger partial charge >= 0.3 is 5.97 Å². The van der Waals surface area contributed by atoms with E-state index in [0.29, 0.717) is 43.6 Å². The lowest BCUT2D eigenvalue weighted by molar-refractivity contribution is -0.148. The smallest absolute Gasteiger partial charge is 0.310 e. The van der Waals surface area contributed by atoms with Crippen molar-refractivity contribution >= 4 is 5.97 Å². The molecule has 1 N–H and O–H groups in total. The van der Waals surface area contributed by atoms with Crippen LogP contribution in [0, 0.1) is 22.6 Å². The van der Waals surface area contributed by atoms with E-state index in [4.69, 9.17) is 5.26 Å². The maximum Gasteiger partial charge on any atom is 0.310 e. The molecule has 0 aliphatic carbocycles. The highest BCUT2D eigenvalue weighted by atomic mass is 19.1. The molecular weight excluding hydrogens is 259 g/mol. The highest BCUT2D eigenvalue weighted by molar-refractivity contribution is 5.75. The number of nitriles is 1. The summed E-state index contributed by atoms with van der Waals surface area (Å²) in [5.74, 6) is -1.14. The quantitative estimate of drug-likeness (QED) is 0.917. The van der Waals surface area contributed by atoms with Crippen molar-refractivity contribution in [3.8, 4) is 6.07 Å². The molecule has 1 unspecified atom stereocenters. The normalized spacial score (nSPS) is 22.6. The van der Waals surface area contributed by atoms with Crippen LogP contribution in [0.25, 0.3) is 0 Å². The molecule has 1 heterocycles. The lowest BCUT2D eigenvalue weighted by Crippen LogP contribution is -2.34. The fourth-order valence-corrected chi connectivity index (χ4v) is 2.71. The van der Waals surface area contributed by atoms with Crippen molar-refractivity contribution in [3.63, 3.8) is 0 Å². The van der Waals surface area contributed by atoms with Crippen LogP contribution in [0.3, 0.4) is 0 Å². The molecule has 20 heavy (non-hydrogen) atoms. The monoisotopic (exact) mass is 276 g/mol. The van der Waals surface area contributed by atoms with Crippen molar-refractivity contribution in [3.05, 3.63) is 35.1 Å². The third kappa shape index (κ3) is 2.66. The third-order valence-corrected chi connectivity index (χ3v) is 4.13. The second-order valence-corrected chi connectivity index (χ2v) is 5.32. The molecule has 0 bridgehead atoms. The van der Waals surface area contributed by atoms with E-state index >= 15 is 0 Å². The van der Waals surface area contributed by atoms with E-state index in [0.717, 1.165) is 0 Å². The predicted molar refractivity (Wildman–Crippen MR) is 71.4 cm³/mol. The SMILES string of the molecule is CCC1(C(=O)O)CCN(Cc2cc(C#N)ccc2F)C1. The summed E-state index contributed by atoms with van der Waals surface area (Å²) < 4.78 is 13.7. The lowest BCUT2D eigenvalue weighted by Gasteiger charge is -2.23. The van der Waals surface area contributed by atoms with Crippen LogP contribution in [-0.2, 0) is 11.3 Å². The predicted octanol–water partition coefficient (Wildman–Crippen LogP) is 2.38. The van der Waals surface area contributed by atoms with Gasteiger partial charge < -0.3 is 5.11 Å². The average Bonchev–Trinajstić information content (AvgIpc) is 2.86. The van der Waals surface area contributed by atoms with Crippen LogP contribution in [0.4, 0.5) is 4.39 Å². The third-order valence-electron chi connectivity index (χ3n) is 4.13. The molecular formula is C15H17FN2O2. The van der Waals surface area contributed by atoms with Gasteiger partial charge in [-0.05, 0) is 37.6 Å². The van der Waals surface area contributed by atoms with Gasteiger partial charge in [-0.1, -0.05) is 6.92 Å². The number of hydrogen-bond acceptors (Lipinski definition) is 3. The number of carboxylic acid groups (broad SMARTS) is 1. The van der Waals surface area contributed by atoms with E-state index in [1.165, 1.54) is 18.2 Å². The maximum atomic E-state index is 13.7. The lowest BCUT2D eigenvalue weighted by atomic mass is 9.84. The summed E-state index contributed by atoms with van der Waals surface area (Å²) in [6.45, 7) is 3.27. The number of aliphatic carboxylic acids is 1. The number of hydrogen-bond donors (Lipinski definition) is 1. The van der Waals surface area contributed by atoms with Gasteiger partial charge in [-0.25, -0.2) is 4.39 Å². The van der Waals surface area contributed by atoms with Crippen LogP contribution in [-0.4, -0.2) is 29.1 Å². The molecule has 0 saturated carbocycles. The van der Waals surface area contributed by atoms with Crippen LogP contribution in [0.5, 0.6) is 0 Å². The Morgan fingerprint density at radius 3 is 2.90 bits per heavy atom. The Morgan fingerprint density at radius 1 is 1.60 bits per heavy atom. The first kappa shape index (κ1) is 14.5. The number of carboxylic acids is 1. The van der Waals surface area contributed by atoms with Gasteiger partial charge in [0.15, 0.2) is 0 Å². The first-order valence-corrected chi connectivity index (χ1v) is 6.65. The van der Waals surface area contributed by atoms with Gasteiger partial charge in [-0.2, -0.15) is 5.26 Å². The molecule has 1 aliphatic heterocycles. The fourth-order valence-electron chi connectivity index (χ4n) is 2.71. The van der Waals surface area contributed by atoms with Gasteiger partial charge in [0.25, 0.3) is 0 Å². The van der Waals surface area contributed by atoms with Crippen LogP contribution in [0.1, 0.15) is 30.9 Å². The Kier molecular flexibility index (Phi) is 4.05. The summed E-state index contributed by atoms with van der Waals surface area (Å²) in [6, 6.07) is 6.24. The Morgan fingerprint density at radius 2 is 2.35 bits per heavy atom. The molecule has 1 aromatic carbocycles. The summed E-state index contributed by atoms with van der Waals surface area (Å²) in [7, 11) is 0. The molecule has 5 heteroatoms. The maximum absolute atomic E-state index is 13.7. The number of halogens is 1. The number of benzene rings is 1. The molecule has 0 radical (unpaired) electrons. The van der Waals surface area contributed by atoms with Crippen LogP contribution in [0.2, 0.25) is 0 Å². The van der Waals surface area contributed by atoms with Crippen LogP contribution in [0.15, 0.2) is 18.2 Å². The Labute approximate surface area is 117 Å². The van der Waals surface area contributed by atoms with Gasteiger partial charge in [-0.15, -0.1) is 0 Å². The van der Waals surface area contributed by atoms with Crippen molar-refractivity contribution in [1.82, 2.24) is 4.90 Å². The number of likely N-dealkylation sites (tertiary alicyclic amines) is 1. The van der Waals surface area contributed by atoms with Gasteiger partial charge in [-0.3, -0.25) is 9.69 Å². The summed E-state index contributed by atoms with van der Waals surface area (Å²) in [6.07, 6.45) is 1.15. The molecule has 0 aromatic heterocycles. The molecule has 4 nitrogen and oxygen atoms in total. The molecule has 1 atom stereocenters. The zero-order chi connectivity index (χ0) is 14.8. The van der Waals surface area contributed by atoms with E-state index in [-0.39, 0.29) is 5.82 Å². The van der Waals surface area contributed by atoms with E-state index in [2.05, 4.69) is 0 Å². The molecule has 2 rings (SSSR count). The van der Waals surface area contributed by atoms with Crippen molar-refractivity contribution in [2.75, 3.05) is 13.1 Å². The highest BCUT2D eigenvalue weighted by Gasteiger charge is 2.43. The summed E-state index contributed by atoms with van der Waals surface area (Å²) in [5.41, 5.74) is 0.144. The number of rotatable bonds is 4. The van der Waals surface area contributed by atoms with Crippen molar-refractivity contribution in [2.45, 2.75) is 26.3 Å². The molecule has 1 aromatic rings. The van der Waals surface area contributed by atoms with Gasteiger partial charge in [0, 0.05) is 18.7 Å². The largest absolute Gasteiger partial charge is 0.481 e. The minimum absolute atomic E-state index is 0.344. The molecule has 1 fully saturated rings. The average molecular weight is 276 g/mol. The second-order valence-electron chi connectivity index (χ2n) is 5.32. The van der Waals surface area contributed by atoms with Crippen LogP contribution < -0.4 is 0 Å². The minimum atomic E-state index is -0.784. The molecule has 1 aliphatic rings. The zero-order valence-electron chi connectivity index (χ0n) is 11.4.